The van der Waals surface area contributed by atoms with Gasteiger partial charge in [0.1, 0.15) is 0 Å². The second kappa shape index (κ2) is 4.88. The Morgan fingerprint density at radius 3 is 2.42 bits per heavy atom. The van der Waals surface area contributed by atoms with Gasteiger partial charge in [0.05, 0.1) is 0 Å². The largest absolute Gasteiger partial charge is 1.00 e. The maximum Gasteiger partial charge on any atom is 1.00 e. The predicted octanol–water partition coefficient (Wildman–Crippen LogP) is -1.38. The zero-order valence-electron chi connectivity index (χ0n) is 8.20. The first kappa shape index (κ1) is 12.8. The Bertz CT molecular complexity index is 203. The van der Waals surface area contributed by atoms with Crippen molar-refractivity contribution >= 4 is 5.71 Å². The van der Waals surface area contributed by atoms with Gasteiger partial charge in [-0.3, -0.25) is 4.99 Å². The molecule has 1 unspecified atom stereocenters. The van der Waals surface area contributed by atoms with Crippen LogP contribution in [0.2, 0.25) is 0 Å². The summed E-state index contributed by atoms with van der Waals surface area (Å²) in [5, 5.41) is 3.90. The molecule has 0 amide bonds. The fraction of sp³-hybridized carbons (Fsp3) is 0.625. The number of rotatable bonds is 0. The molecule has 12 heavy (non-hydrogen) atoms. The van der Waals surface area contributed by atoms with Crippen LogP contribution in [0.25, 0.3) is 5.32 Å². The third-order valence-electron chi connectivity index (χ3n) is 1.51. The van der Waals surface area contributed by atoms with Crippen LogP contribution in [0.1, 0.15) is 20.8 Å². The van der Waals surface area contributed by atoms with Crippen LogP contribution in [-0.4, -0.2) is 12.0 Å². The summed E-state index contributed by atoms with van der Waals surface area (Å²) in [6.07, 6.45) is 3.23. The van der Waals surface area contributed by atoms with Crippen LogP contribution < -0.4 is 57.1 Å². The van der Waals surface area contributed by atoms with Gasteiger partial charge in [0.15, 0.2) is 0 Å². The van der Waals surface area contributed by atoms with Crippen molar-refractivity contribution < 1.29 is 51.4 Å². The van der Waals surface area contributed by atoms with Crippen LogP contribution in [0.15, 0.2) is 17.3 Å². The monoisotopic (exact) mass is 191 g/mol. The second-order valence-corrected chi connectivity index (χ2v) is 3.64. The van der Waals surface area contributed by atoms with Crippen LogP contribution in [0.3, 0.4) is 0 Å². The predicted molar refractivity (Wildman–Crippen MR) is 47.4 cm³/mol. The number of allylic oxidation sites excluding steroid dienone is 1. The van der Waals surface area contributed by atoms with Crippen molar-refractivity contribution in [2.24, 2.45) is 16.1 Å². The third kappa shape index (κ3) is 3.68. The molecule has 0 aromatic heterocycles. The van der Waals surface area contributed by atoms with Gasteiger partial charge in [-0.1, -0.05) is 26.8 Å². The van der Waals surface area contributed by atoms with Crippen LogP contribution in [0, 0.1) is 5.41 Å². The first-order chi connectivity index (χ1) is 5.00. The summed E-state index contributed by atoms with van der Waals surface area (Å²) in [5.41, 5.74) is 6.60. The summed E-state index contributed by atoms with van der Waals surface area (Å²) in [6, 6.07) is 0. The Hall–Kier alpha value is 0.806. The first-order valence-corrected chi connectivity index (χ1v) is 3.70. The minimum Gasteiger partial charge on any atom is -0.658 e. The Balaban J connectivity index is 0.00000121. The van der Waals surface area contributed by atoms with Gasteiger partial charge in [0.25, 0.3) is 0 Å². The summed E-state index contributed by atoms with van der Waals surface area (Å²) >= 11 is 0. The molecule has 0 aliphatic carbocycles. The van der Waals surface area contributed by atoms with Gasteiger partial charge < -0.3 is 11.1 Å². The summed E-state index contributed by atoms with van der Waals surface area (Å²) in [5.74, 6) is 0. The minimum absolute atomic E-state index is 0. The second-order valence-electron chi connectivity index (χ2n) is 3.64. The van der Waals surface area contributed by atoms with E-state index in [1.807, 2.05) is 6.08 Å². The molecule has 3 nitrogen and oxygen atoms in total. The molecular weight excluding hydrogens is 177 g/mol. The molecule has 0 aromatic rings. The number of nitrogens with zero attached hydrogens (tertiary/aromatic N) is 2. The van der Waals surface area contributed by atoms with Crippen LogP contribution >= 0.6 is 0 Å². The topological polar surface area (TPSA) is 52.5 Å². The molecule has 0 bridgehead atoms. The zero-order valence-corrected chi connectivity index (χ0v) is 11.3. The van der Waals surface area contributed by atoms with Gasteiger partial charge in [-0.2, -0.15) is 6.20 Å². The van der Waals surface area contributed by atoms with E-state index in [1.165, 1.54) is 0 Å². The molecule has 1 heterocycles. The molecule has 1 rings (SSSR count). The van der Waals surface area contributed by atoms with Crippen LogP contribution in [0.4, 0.5) is 0 Å². The van der Waals surface area contributed by atoms with Crippen molar-refractivity contribution in [1.29, 1.82) is 0 Å². The maximum atomic E-state index is 5.52. The van der Waals surface area contributed by atoms with E-state index < -0.39 is 6.29 Å². The molecular formula is C8H14KN3. The number of aliphatic imine (C=N–C) groups is 1. The molecule has 0 radical (unpaired) electrons. The van der Waals surface area contributed by atoms with E-state index in [0.29, 0.717) is 0 Å². The van der Waals surface area contributed by atoms with Gasteiger partial charge in [-0.05, 0) is 0 Å². The SMILES string of the molecule is CC(C)(C)C1=NC(N)[N-]C=C1.[K+]. The number of nitrogens with two attached hydrogens (primary N) is 1. The molecule has 62 valence electrons. The Morgan fingerprint density at radius 1 is 1.50 bits per heavy atom. The molecule has 0 saturated carbocycles. The molecule has 0 spiro atoms. The van der Waals surface area contributed by atoms with Crippen molar-refractivity contribution in [3.05, 3.63) is 17.6 Å². The van der Waals surface area contributed by atoms with E-state index in [-0.39, 0.29) is 56.8 Å². The zero-order chi connectivity index (χ0) is 8.48. The van der Waals surface area contributed by atoms with E-state index in [1.54, 1.807) is 6.20 Å². The van der Waals surface area contributed by atoms with Gasteiger partial charge in [-0.15, -0.1) is 0 Å². The molecule has 0 aromatic carbocycles. The van der Waals surface area contributed by atoms with Gasteiger partial charge >= 0.3 is 51.4 Å². The Kier molecular flexibility index (Phi) is 5.21. The van der Waals surface area contributed by atoms with E-state index in [0.717, 1.165) is 5.71 Å². The average Bonchev–Trinajstić information content (AvgIpc) is 1.86. The molecule has 0 saturated heterocycles. The van der Waals surface area contributed by atoms with Gasteiger partial charge in [-0.25, -0.2) is 0 Å². The maximum absolute atomic E-state index is 5.52. The summed E-state index contributed by atoms with van der Waals surface area (Å²) in [7, 11) is 0. The Morgan fingerprint density at radius 2 is 2.08 bits per heavy atom. The Labute approximate surface area is 116 Å². The van der Waals surface area contributed by atoms with Crippen LogP contribution in [0.5, 0.6) is 0 Å². The normalized spacial score (nSPS) is 22.3. The van der Waals surface area contributed by atoms with E-state index in [9.17, 15) is 0 Å². The standard InChI is InChI=1S/C8H14N3.K/c1-8(2,3)6-4-5-10-7(9)11-6;/h4-5,7H,9H2,1-3H3;/q-1;+1. The van der Waals surface area contributed by atoms with Gasteiger partial charge in [0, 0.05) is 17.4 Å². The molecule has 2 N–H and O–H groups in total. The number of hydrogen-bond acceptors (Lipinski definition) is 2. The van der Waals surface area contributed by atoms with Crippen molar-refractivity contribution in [2.45, 2.75) is 27.1 Å². The van der Waals surface area contributed by atoms with E-state index >= 15 is 0 Å². The molecule has 1 aliphatic rings. The van der Waals surface area contributed by atoms with Crippen LogP contribution in [-0.2, 0) is 0 Å². The number of hydrogen-bond donors (Lipinski definition) is 1. The molecule has 1 atom stereocenters. The molecule has 1 aliphatic heterocycles. The van der Waals surface area contributed by atoms with Crippen molar-refractivity contribution in [1.82, 2.24) is 0 Å². The van der Waals surface area contributed by atoms with E-state index in [2.05, 4.69) is 31.1 Å². The first-order valence-electron chi connectivity index (χ1n) is 3.70. The van der Waals surface area contributed by atoms with Crippen molar-refractivity contribution in [3.8, 4) is 0 Å². The molecule has 4 heteroatoms. The summed E-state index contributed by atoms with van der Waals surface area (Å²) in [6.45, 7) is 6.32. The third-order valence-corrected chi connectivity index (χ3v) is 1.51. The fourth-order valence-electron chi connectivity index (χ4n) is 0.864. The van der Waals surface area contributed by atoms with E-state index in [4.69, 9.17) is 5.73 Å². The van der Waals surface area contributed by atoms with Gasteiger partial charge in [0.2, 0.25) is 0 Å². The minimum atomic E-state index is -0.394. The smallest absolute Gasteiger partial charge is 0.658 e. The quantitative estimate of drug-likeness (QED) is 0.472. The summed E-state index contributed by atoms with van der Waals surface area (Å²) in [4.78, 5) is 4.19. The summed E-state index contributed by atoms with van der Waals surface area (Å²) < 4.78 is 0. The van der Waals surface area contributed by atoms with Crippen molar-refractivity contribution in [2.75, 3.05) is 0 Å². The fourth-order valence-corrected chi connectivity index (χ4v) is 0.864. The molecule has 0 fully saturated rings. The van der Waals surface area contributed by atoms with Crippen molar-refractivity contribution in [3.63, 3.8) is 0 Å². The average molecular weight is 191 g/mol.